The Morgan fingerprint density at radius 1 is 0.896 bits per heavy atom. The van der Waals surface area contributed by atoms with Crippen LogP contribution in [0.5, 0.6) is 5.75 Å². The van der Waals surface area contributed by atoms with Crippen molar-refractivity contribution in [3.05, 3.63) is 94.5 Å². The summed E-state index contributed by atoms with van der Waals surface area (Å²) in [7, 11) is 0. The van der Waals surface area contributed by atoms with Gasteiger partial charge in [-0.1, -0.05) is 43.7 Å². The zero-order chi connectivity index (χ0) is 35.4. The number of carbonyl (C=O) groups excluding carboxylic acids is 2. The van der Waals surface area contributed by atoms with Crippen LogP contribution in [-0.2, 0) is 35.0 Å². The molecule has 16 heteroatoms. The second-order valence-electron chi connectivity index (χ2n) is 10.9. The van der Waals surface area contributed by atoms with Crippen molar-refractivity contribution in [1.29, 1.82) is 0 Å². The SMILES string of the molecule is CCCCN(C(=O)OCc1ccccc1)c1ccc(OC(F)(F)F)cc1CN1C(=O)O[C@H](c2cc(C(F)(F)F)cc(C(F)(F)F)c2)[C@@H]1C. The van der Waals surface area contributed by atoms with Gasteiger partial charge in [0.1, 0.15) is 18.5 Å². The fourth-order valence-electron chi connectivity index (χ4n) is 5.06. The number of hydrogen-bond donors (Lipinski definition) is 0. The van der Waals surface area contributed by atoms with Gasteiger partial charge in [-0.05, 0) is 66.4 Å². The van der Waals surface area contributed by atoms with Crippen LogP contribution in [0.3, 0.4) is 0 Å². The molecule has 0 spiro atoms. The van der Waals surface area contributed by atoms with E-state index in [9.17, 15) is 49.1 Å². The first-order valence-electron chi connectivity index (χ1n) is 14.5. The minimum absolute atomic E-state index is 0.0258. The quantitative estimate of drug-likeness (QED) is 0.198. The van der Waals surface area contributed by atoms with Crippen molar-refractivity contribution in [3.63, 3.8) is 0 Å². The second kappa shape index (κ2) is 14.2. The maximum absolute atomic E-state index is 13.5. The summed E-state index contributed by atoms with van der Waals surface area (Å²) in [4.78, 5) is 28.4. The number of nitrogens with zero attached hydrogens (tertiary/aromatic N) is 2. The fraction of sp³-hybridized carbons (Fsp3) is 0.375. The van der Waals surface area contributed by atoms with E-state index in [1.807, 2.05) is 6.92 Å². The number of halogens is 9. The molecule has 0 N–H and O–H groups in total. The Labute approximate surface area is 268 Å². The third-order valence-electron chi connectivity index (χ3n) is 7.41. The average Bonchev–Trinajstić information content (AvgIpc) is 3.28. The molecule has 0 bridgehead atoms. The Kier molecular flexibility index (Phi) is 10.7. The van der Waals surface area contributed by atoms with E-state index in [0.717, 1.165) is 28.0 Å². The van der Waals surface area contributed by atoms with Crippen LogP contribution in [0.4, 0.5) is 54.8 Å². The van der Waals surface area contributed by atoms with E-state index in [4.69, 9.17) is 9.47 Å². The van der Waals surface area contributed by atoms with Gasteiger partial charge < -0.3 is 14.2 Å². The summed E-state index contributed by atoms with van der Waals surface area (Å²) in [5.74, 6) is -0.709. The number of rotatable bonds is 10. The highest BCUT2D eigenvalue weighted by molar-refractivity contribution is 5.89. The first-order valence-corrected chi connectivity index (χ1v) is 14.5. The maximum Gasteiger partial charge on any atom is 0.573 e. The monoisotopic (exact) mass is 692 g/mol. The molecule has 1 fully saturated rings. The molecule has 1 aliphatic heterocycles. The molecule has 2 atom stereocenters. The average molecular weight is 693 g/mol. The molecule has 7 nitrogen and oxygen atoms in total. The molecule has 1 saturated heterocycles. The molecule has 3 aromatic carbocycles. The molecule has 2 amide bonds. The number of unbranched alkanes of at least 4 members (excludes halogenated alkanes) is 1. The molecule has 0 unspecified atom stereocenters. The molecule has 260 valence electrons. The highest BCUT2D eigenvalue weighted by Crippen LogP contribution is 2.42. The Morgan fingerprint density at radius 2 is 1.52 bits per heavy atom. The van der Waals surface area contributed by atoms with Gasteiger partial charge in [0, 0.05) is 6.54 Å². The second-order valence-corrected chi connectivity index (χ2v) is 10.9. The van der Waals surface area contributed by atoms with Crippen molar-refractivity contribution in [1.82, 2.24) is 4.90 Å². The molecule has 0 aromatic heterocycles. The van der Waals surface area contributed by atoms with Crippen molar-refractivity contribution < 1.29 is 63.3 Å². The van der Waals surface area contributed by atoms with E-state index >= 15 is 0 Å². The van der Waals surface area contributed by atoms with Crippen molar-refractivity contribution >= 4 is 17.9 Å². The Balaban J connectivity index is 1.71. The van der Waals surface area contributed by atoms with Crippen molar-refractivity contribution in [2.24, 2.45) is 0 Å². The summed E-state index contributed by atoms with van der Waals surface area (Å²) in [5.41, 5.74) is -3.22. The number of carbonyl (C=O) groups is 2. The molecular formula is C32H29F9N2O5. The molecule has 3 aromatic rings. The molecule has 1 heterocycles. The molecule has 0 saturated carbocycles. The Hall–Kier alpha value is -4.63. The minimum Gasteiger partial charge on any atom is -0.444 e. The lowest BCUT2D eigenvalue weighted by Gasteiger charge is -2.28. The molecule has 0 aliphatic carbocycles. The van der Waals surface area contributed by atoms with Crippen LogP contribution in [0.2, 0.25) is 0 Å². The van der Waals surface area contributed by atoms with E-state index < -0.39 is 72.0 Å². The number of benzene rings is 3. The number of alkyl halides is 9. The predicted octanol–water partition coefficient (Wildman–Crippen LogP) is 9.65. The van der Waals surface area contributed by atoms with Gasteiger partial charge in [-0.2, -0.15) is 26.3 Å². The van der Waals surface area contributed by atoms with Crippen LogP contribution in [0, 0.1) is 0 Å². The van der Waals surface area contributed by atoms with E-state index in [2.05, 4.69) is 4.74 Å². The number of ether oxygens (including phenoxy) is 3. The summed E-state index contributed by atoms with van der Waals surface area (Å²) in [6.45, 7) is 2.46. The van der Waals surface area contributed by atoms with Crippen LogP contribution in [-0.4, -0.2) is 36.0 Å². The highest BCUT2D eigenvalue weighted by atomic mass is 19.4. The van der Waals surface area contributed by atoms with E-state index in [1.54, 1.807) is 30.3 Å². The van der Waals surface area contributed by atoms with E-state index in [-0.39, 0.29) is 30.5 Å². The van der Waals surface area contributed by atoms with Crippen molar-refractivity contribution in [2.75, 3.05) is 11.4 Å². The molecule has 1 aliphatic rings. The maximum atomic E-state index is 13.5. The largest absolute Gasteiger partial charge is 0.573 e. The van der Waals surface area contributed by atoms with Gasteiger partial charge in [-0.3, -0.25) is 9.80 Å². The van der Waals surface area contributed by atoms with Crippen molar-refractivity contribution in [3.8, 4) is 5.75 Å². The van der Waals surface area contributed by atoms with Crippen LogP contribution >= 0.6 is 0 Å². The van der Waals surface area contributed by atoms with Crippen molar-refractivity contribution in [2.45, 2.75) is 70.7 Å². The molecule has 48 heavy (non-hydrogen) atoms. The number of anilines is 1. The van der Waals surface area contributed by atoms with Gasteiger partial charge in [0.05, 0.1) is 29.4 Å². The van der Waals surface area contributed by atoms with E-state index in [0.29, 0.717) is 30.5 Å². The summed E-state index contributed by atoms with van der Waals surface area (Å²) in [5, 5.41) is 0. The molecular weight excluding hydrogens is 663 g/mol. The third-order valence-corrected chi connectivity index (χ3v) is 7.41. The number of hydrogen-bond acceptors (Lipinski definition) is 5. The highest BCUT2D eigenvalue weighted by Gasteiger charge is 2.44. The summed E-state index contributed by atoms with van der Waals surface area (Å²) in [6, 6.07) is 11.2. The first-order chi connectivity index (χ1) is 22.4. The van der Waals surface area contributed by atoms with Crippen LogP contribution in [0.25, 0.3) is 0 Å². The lowest BCUT2D eigenvalue weighted by atomic mass is 9.97. The van der Waals surface area contributed by atoms with Crippen LogP contribution in [0.1, 0.15) is 60.6 Å². The first kappa shape index (κ1) is 36.2. The number of cyclic esters (lactones) is 1. The fourth-order valence-corrected chi connectivity index (χ4v) is 5.06. The summed E-state index contributed by atoms with van der Waals surface area (Å²) in [6.07, 6.45) is -18.1. The smallest absolute Gasteiger partial charge is 0.444 e. The summed E-state index contributed by atoms with van der Waals surface area (Å²) >= 11 is 0. The van der Waals surface area contributed by atoms with Gasteiger partial charge >= 0.3 is 30.9 Å². The summed E-state index contributed by atoms with van der Waals surface area (Å²) < 4.78 is 135. The van der Waals surface area contributed by atoms with Gasteiger partial charge in [-0.15, -0.1) is 13.2 Å². The third kappa shape index (κ3) is 9.04. The van der Waals surface area contributed by atoms with Gasteiger partial charge in [-0.25, -0.2) is 9.59 Å². The lowest BCUT2D eigenvalue weighted by Crippen LogP contribution is -2.35. The van der Waals surface area contributed by atoms with Gasteiger partial charge in [0.15, 0.2) is 0 Å². The van der Waals surface area contributed by atoms with Gasteiger partial charge in [0.2, 0.25) is 0 Å². The zero-order valence-electron chi connectivity index (χ0n) is 25.4. The zero-order valence-corrected chi connectivity index (χ0v) is 25.4. The van der Waals surface area contributed by atoms with Crippen LogP contribution in [0.15, 0.2) is 66.7 Å². The Morgan fingerprint density at radius 3 is 2.08 bits per heavy atom. The lowest BCUT2D eigenvalue weighted by molar-refractivity contribution is -0.274. The standard InChI is InChI=1S/C32H29F9N2O5/c1-3-4-12-42(28(44)46-18-20-8-6-5-7-9-20)26-11-10-25(48-32(39,40)41)15-22(26)17-43-19(2)27(47-29(43)45)21-13-23(30(33,34)35)16-24(14-21)31(36,37)38/h5-11,13-16,19,27H,3-4,12,17-18H2,1-2H3/t19-,27-/m0/s1. The van der Waals surface area contributed by atoms with Crippen LogP contribution < -0.4 is 9.64 Å². The van der Waals surface area contributed by atoms with E-state index in [1.165, 1.54) is 6.92 Å². The normalized spacial score (nSPS) is 16.9. The molecule has 4 rings (SSSR count). The number of amides is 2. The molecule has 0 radical (unpaired) electrons. The Bertz CT molecular complexity index is 1560. The predicted molar refractivity (Wildman–Crippen MR) is 153 cm³/mol. The van der Waals surface area contributed by atoms with Gasteiger partial charge in [0.25, 0.3) is 0 Å². The minimum atomic E-state index is -5.16. The topological polar surface area (TPSA) is 68.3 Å².